The van der Waals surface area contributed by atoms with Gasteiger partial charge in [0, 0.05) is 17.5 Å². The largest absolute Gasteiger partial charge is 0.465 e. The second kappa shape index (κ2) is 7.04. The summed E-state index contributed by atoms with van der Waals surface area (Å²) in [5, 5.41) is 4.20. The number of aryl methyl sites for hydroxylation is 1. The molecule has 2 atom stereocenters. The molecule has 5 nitrogen and oxygen atoms in total. The maximum Gasteiger partial charge on any atom is 0.315 e. The Morgan fingerprint density at radius 2 is 2.30 bits per heavy atom. The lowest BCUT2D eigenvalue weighted by Crippen LogP contribution is -2.21. The van der Waals surface area contributed by atoms with E-state index < -0.39 is 0 Å². The molecule has 1 heterocycles. The van der Waals surface area contributed by atoms with E-state index in [2.05, 4.69) is 17.2 Å². The molecule has 0 radical (unpaired) electrons. The number of nitrogens with zero attached hydrogens (tertiary/aromatic N) is 1. The van der Waals surface area contributed by atoms with Crippen LogP contribution < -0.4 is 5.32 Å². The summed E-state index contributed by atoms with van der Waals surface area (Å²) in [5.41, 5.74) is 0.902. The summed E-state index contributed by atoms with van der Waals surface area (Å²) >= 11 is 1.64. The van der Waals surface area contributed by atoms with E-state index >= 15 is 0 Å². The molecule has 2 unspecified atom stereocenters. The maximum absolute atomic E-state index is 11.9. The van der Waals surface area contributed by atoms with Crippen LogP contribution in [-0.2, 0) is 20.7 Å². The lowest BCUT2D eigenvalue weighted by atomic mass is 10.1. The Bertz CT molecular complexity index is 461. The number of hydrogen-bond acceptors (Lipinski definition) is 6. The SMILES string of the molecule is CCOCC(C)Nc1nc2c(s1)CCC2C(=O)OCC. The molecule has 0 fully saturated rings. The summed E-state index contributed by atoms with van der Waals surface area (Å²) in [6, 6.07) is 0.210. The fourth-order valence-corrected chi connectivity index (χ4v) is 3.46. The van der Waals surface area contributed by atoms with E-state index in [1.165, 1.54) is 4.88 Å². The lowest BCUT2D eigenvalue weighted by Gasteiger charge is -2.12. The number of nitrogens with one attached hydrogen (secondary N) is 1. The van der Waals surface area contributed by atoms with Gasteiger partial charge in [-0.05, 0) is 33.6 Å². The van der Waals surface area contributed by atoms with Crippen LogP contribution in [0.3, 0.4) is 0 Å². The van der Waals surface area contributed by atoms with Crippen LogP contribution in [0.4, 0.5) is 5.13 Å². The summed E-state index contributed by atoms with van der Waals surface area (Å²) in [6.45, 7) is 7.66. The molecular formula is C14H22N2O3S. The normalized spacial score (nSPS) is 18.6. The van der Waals surface area contributed by atoms with Crippen molar-refractivity contribution >= 4 is 22.4 Å². The van der Waals surface area contributed by atoms with Crippen molar-refractivity contribution in [2.45, 2.75) is 45.6 Å². The third-order valence-corrected chi connectivity index (χ3v) is 4.29. The van der Waals surface area contributed by atoms with E-state index in [1.54, 1.807) is 11.3 Å². The van der Waals surface area contributed by atoms with Crippen LogP contribution >= 0.6 is 11.3 Å². The molecule has 0 amide bonds. The molecule has 112 valence electrons. The van der Waals surface area contributed by atoms with Crippen molar-refractivity contribution in [1.29, 1.82) is 0 Å². The van der Waals surface area contributed by atoms with Crippen LogP contribution in [0.2, 0.25) is 0 Å². The van der Waals surface area contributed by atoms with Crippen molar-refractivity contribution in [3.05, 3.63) is 10.6 Å². The molecule has 1 N–H and O–H groups in total. The number of carbonyl (C=O) groups excluding carboxylic acids is 1. The Morgan fingerprint density at radius 3 is 3.00 bits per heavy atom. The highest BCUT2D eigenvalue weighted by Crippen LogP contribution is 2.39. The first-order chi connectivity index (χ1) is 9.65. The Morgan fingerprint density at radius 1 is 1.50 bits per heavy atom. The topological polar surface area (TPSA) is 60.5 Å². The molecule has 0 aliphatic heterocycles. The van der Waals surface area contributed by atoms with Crippen LogP contribution in [0, 0.1) is 0 Å². The third-order valence-electron chi connectivity index (χ3n) is 3.23. The number of hydrogen-bond donors (Lipinski definition) is 1. The Labute approximate surface area is 123 Å². The molecule has 1 aromatic rings. The summed E-state index contributed by atoms with van der Waals surface area (Å²) in [7, 11) is 0. The predicted molar refractivity (Wildman–Crippen MR) is 79.4 cm³/mol. The van der Waals surface area contributed by atoms with E-state index in [0.29, 0.717) is 19.8 Å². The minimum Gasteiger partial charge on any atom is -0.465 e. The Kier molecular flexibility index (Phi) is 5.37. The molecule has 1 aliphatic rings. The number of ether oxygens (including phenoxy) is 2. The van der Waals surface area contributed by atoms with Gasteiger partial charge >= 0.3 is 5.97 Å². The predicted octanol–water partition coefficient (Wildman–Crippen LogP) is 2.57. The molecule has 0 saturated heterocycles. The summed E-state index contributed by atoms with van der Waals surface area (Å²) in [6.07, 6.45) is 1.74. The van der Waals surface area contributed by atoms with Gasteiger partial charge in [0.2, 0.25) is 0 Å². The summed E-state index contributed by atoms with van der Waals surface area (Å²) in [5.74, 6) is -0.329. The third kappa shape index (κ3) is 3.49. The summed E-state index contributed by atoms with van der Waals surface area (Å²) in [4.78, 5) is 17.7. The van der Waals surface area contributed by atoms with Gasteiger partial charge in [-0.15, -0.1) is 11.3 Å². The van der Waals surface area contributed by atoms with Crippen LogP contribution in [0.15, 0.2) is 0 Å². The van der Waals surface area contributed by atoms with Crippen molar-refractivity contribution in [1.82, 2.24) is 4.98 Å². The van der Waals surface area contributed by atoms with Gasteiger partial charge in [0.15, 0.2) is 5.13 Å². The van der Waals surface area contributed by atoms with Crippen molar-refractivity contribution in [2.75, 3.05) is 25.1 Å². The average Bonchev–Trinajstić information content (AvgIpc) is 2.96. The van der Waals surface area contributed by atoms with Crippen molar-refractivity contribution in [3.63, 3.8) is 0 Å². The van der Waals surface area contributed by atoms with E-state index in [4.69, 9.17) is 9.47 Å². The highest BCUT2D eigenvalue weighted by Gasteiger charge is 2.33. The first-order valence-electron chi connectivity index (χ1n) is 7.16. The monoisotopic (exact) mass is 298 g/mol. The van der Waals surface area contributed by atoms with Crippen molar-refractivity contribution in [2.24, 2.45) is 0 Å². The lowest BCUT2D eigenvalue weighted by molar-refractivity contribution is -0.145. The zero-order valence-electron chi connectivity index (χ0n) is 12.3. The van der Waals surface area contributed by atoms with Gasteiger partial charge < -0.3 is 14.8 Å². The molecule has 6 heteroatoms. The second-order valence-corrected chi connectivity index (χ2v) is 5.96. The Hall–Kier alpha value is -1.14. The van der Waals surface area contributed by atoms with E-state index in [9.17, 15) is 4.79 Å². The molecule has 0 spiro atoms. The minimum absolute atomic E-state index is 0.148. The molecule has 2 rings (SSSR count). The quantitative estimate of drug-likeness (QED) is 0.784. The standard InChI is InChI=1S/C14H22N2O3S/c1-4-18-8-9(3)15-14-16-12-10(13(17)19-5-2)6-7-11(12)20-14/h9-10H,4-8H2,1-3H3,(H,15,16). The molecule has 1 aromatic heterocycles. The number of anilines is 1. The van der Waals surface area contributed by atoms with Gasteiger partial charge in [0.1, 0.15) is 5.92 Å². The van der Waals surface area contributed by atoms with Gasteiger partial charge in [-0.1, -0.05) is 0 Å². The number of aromatic nitrogens is 1. The smallest absolute Gasteiger partial charge is 0.315 e. The van der Waals surface area contributed by atoms with Gasteiger partial charge in [0.25, 0.3) is 0 Å². The summed E-state index contributed by atoms with van der Waals surface area (Å²) < 4.78 is 10.5. The highest BCUT2D eigenvalue weighted by atomic mass is 32.1. The van der Waals surface area contributed by atoms with E-state index in [-0.39, 0.29) is 17.9 Å². The van der Waals surface area contributed by atoms with Crippen LogP contribution in [0.1, 0.15) is 43.7 Å². The fraction of sp³-hybridized carbons (Fsp3) is 0.714. The van der Waals surface area contributed by atoms with Crippen LogP contribution in [0.25, 0.3) is 0 Å². The fourth-order valence-electron chi connectivity index (χ4n) is 2.31. The van der Waals surface area contributed by atoms with E-state index in [0.717, 1.165) is 23.7 Å². The molecule has 0 saturated carbocycles. The Balaban J connectivity index is 1.99. The number of carbonyl (C=O) groups is 1. The molecule has 0 aromatic carbocycles. The van der Waals surface area contributed by atoms with E-state index in [1.807, 2.05) is 13.8 Å². The highest BCUT2D eigenvalue weighted by molar-refractivity contribution is 7.15. The van der Waals surface area contributed by atoms with Gasteiger partial charge in [-0.3, -0.25) is 4.79 Å². The van der Waals surface area contributed by atoms with Crippen molar-refractivity contribution < 1.29 is 14.3 Å². The van der Waals surface area contributed by atoms with Gasteiger partial charge in [-0.25, -0.2) is 4.98 Å². The van der Waals surface area contributed by atoms with Gasteiger partial charge in [0.05, 0.1) is 18.9 Å². The molecule has 0 bridgehead atoms. The zero-order valence-corrected chi connectivity index (χ0v) is 13.1. The number of fused-ring (bicyclic) bond motifs is 1. The molecule has 1 aliphatic carbocycles. The molecular weight excluding hydrogens is 276 g/mol. The van der Waals surface area contributed by atoms with Gasteiger partial charge in [-0.2, -0.15) is 0 Å². The van der Waals surface area contributed by atoms with Crippen LogP contribution in [-0.4, -0.2) is 36.8 Å². The molecule has 20 heavy (non-hydrogen) atoms. The minimum atomic E-state index is -0.182. The first-order valence-corrected chi connectivity index (χ1v) is 7.97. The van der Waals surface area contributed by atoms with Crippen molar-refractivity contribution in [3.8, 4) is 0 Å². The van der Waals surface area contributed by atoms with Crippen LogP contribution in [0.5, 0.6) is 0 Å². The number of rotatable bonds is 7. The average molecular weight is 298 g/mol. The second-order valence-electron chi connectivity index (χ2n) is 4.88. The maximum atomic E-state index is 11.9. The number of thiazole rings is 1. The first kappa shape index (κ1) is 15.3. The number of esters is 1. The zero-order chi connectivity index (χ0) is 14.5.